The Labute approximate surface area is 184 Å². The van der Waals surface area contributed by atoms with E-state index in [1.54, 1.807) is 0 Å². The molecule has 0 aliphatic rings. The zero-order chi connectivity index (χ0) is 23.7. The molecule has 176 valence electrons. The number of hydrogen-bond acceptors (Lipinski definition) is 7. The number of hydrogen-bond donors (Lipinski definition) is 2. The topological polar surface area (TPSA) is 99.0 Å². The summed E-state index contributed by atoms with van der Waals surface area (Å²) in [5.41, 5.74) is -0.225. The van der Waals surface area contributed by atoms with Gasteiger partial charge in [-0.3, -0.25) is 4.79 Å². The highest BCUT2D eigenvalue weighted by molar-refractivity contribution is 5.90. The first-order valence-electron chi connectivity index (χ1n) is 10.1. The van der Waals surface area contributed by atoms with Crippen molar-refractivity contribution in [2.45, 2.75) is 45.7 Å². The molecule has 2 aromatic rings. The van der Waals surface area contributed by atoms with Gasteiger partial charge < -0.3 is 29.2 Å². The van der Waals surface area contributed by atoms with Gasteiger partial charge >= 0.3 is 5.97 Å². The van der Waals surface area contributed by atoms with E-state index < -0.39 is 29.3 Å². The normalized spacial score (nSPS) is 11.9. The zero-order valence-corrected chi connectivity index (χ0v) is 18.3. The largest absolute Gasteiger partial charge is 0.487 e. The van der Waals surface area contributed by atoms with Crippen LogP contribution < -0.4 is 15.5 Å². The number of unbranched alkanes of at least 4 members (excludes halogenated alkanes) is 1. The standard InChI is InChI=1S/C22H28F2N2O6/c1-4-5-8-32-21-19(22(29)31-3)26(13-18(27)30-2)12-15(20(21)28)11-25-10-14-6-7-16(23)9-17(14)24/h6-7,9,12,18,25,27H,4-5,8,10-11,13H2,1-3H3. The van der Waals surface area contributed by atoms with Gasteiger partial charge in [0.05, 0.1) is 20.3 Å². The highest BCUT2D eigenvalue weighted by Gasteiger charge is 2.25. The number of carbonyl (C=O) groups excluding carboxylic acids is 1. The molecule has 0 fully saturated rings. The van der Waals surface area contributed by atoms with Gasteiger partial charge in [0.15, 0.2) is 17.7 Å². The Bertz CT molecular complexity index is 980. The fourth-order valence-corrected chi connectivity index (χ4v) is 2.96. The molecule has 0 amide bonds. The zero-order valence-electron chi connectivity index (χ0n) is 18.3. The first kappa shape index (κ1) is 25.4. The van der Waals surface area contributed by atoms with Crippen LogP contribution in [-0.4, -0.2) is 42.8 Å². The van der Waals surface area contributed by atoms with Gasteiger partial charge in [-0.2, -0.15) is 0 Å². The van der Waals surface area contributed by atoms with Crippen molar-refractivity contribution in [1.82, 2.24) is 9.88 Å². The molecule has 2 rings (SSSR count). The van der Waals surface area contributed by atoms with Crippen molar-refractivity contribution in [2.75, 3.05) is 20.8 Å². The summed E-state index contributed by atoms with van der Waals surface area (Å²) in [6.07, 6.45) is 1.61. The van der Waals surface area contributed by atoms with E-state index in [4.69, 9.17) is 14.2 Å². The number of nitrogens with zero attached hydrogens (tertiary/aromatic N) is 1. The summed E-state index contributed by atoms with van der Waals surface area (Å²) >= 11 is 0. The van der Waals surface area contributed by atoms with E-state index in [1.165, 1.54) is 31.0 Å². The molecule has 2 N–H and O–H groups in total. The fourth-order valence-electron chi connectivity index (χ4n) is 2.96. The maximum atomic E-state index is 13.9. The molecule has 1 unspecified atom stereocenters. The Hall–Kier alpha value is -2.82. The Morgan fingerprint density at radius 2 is 1.94 bits per heavy atom. The van der Waals surface area contributed by atoms with Gasteiger partial charge in [-0.25, -0.2) is 13.6 Å². The van der Waals surface area contributed by atoms with Crippen LogP contribution in [0.4, 0.5) is 8.78 Å². The van der Waals surface area contributed by atoms with E-state index in [2.05, 4.69) is 5.32 Å². The van der Waals surface area contributed by atoms with Crippen molar-refractivity contribution < 1.29 is 32.9 Å². The van der Waals surface area contributed by atoms with Gasteiger partial charge in [0.25, 0.3) is 0 Å². The third kappa shape index (κ3) is 6.59. The van der Waals surface area contributed by atoms with Gasteiger partial charge in [0, 0.05) is 43.6 Å². The van der Waals surface area contributed by atoms with E-state index in [0.717, 1.165) is 18.6 Å². The lowest BCUT2D eigenvalue weighted by atomic mass is 10.1. The van der Waals surface area contributed by atoms with Crippen molar-refractivity contribution in [1.29, 1.82) is 0 Å². The molecule has 0 saturated heterocycles. The lowest BCUT2D eigenvalue weighted by Crippen LogP contribution is -2.30. The van der Waals surface area contributed by atoms with Gasteiger partial charge in [-0.15, -0.1) is 0 Å². The number of aliphatic hydroxyl groups excluding tert-OH is 1. The first-order chi connectivity index (χ1) is 15.3. The van der Waals surface area contributed by atoms with Crippen LogP contribution in [0.25, 0.3) is 0 Å². The summed E-state index contributed by atoms with van der Waals surface area (Å²) < 4.78 is 43.6. The number of aromatic nitrogens is 1. The lowest BCUT2D eigenvalue weighted by molar-refractivity contribution is -0.0839. The Kier molecular flexibility index (Phi) is 9.76. The van der Waals surface area contributed by atoms with Crippen molar-refractivity contribution in [3.8, 4) is 5.75 Å². The minimum atomic E-state index is -1.25. The highest BCUT2D eigenvalue weighted by Crippen LogP contribution is 2.19. The van der Waals surface area contributed by atoms with Crippen LogP contribution in [0.1, 0.15) is 41.4 Å². The number of halogens is 2. The number of benzene rings is 1. The maximum Gasteiger partial charge on any atom is 0.358 e. The molecule has 1 aromatic heterocycles. The van der Waals surface area contributed by atoms with E-state index >= 15 is 0 Å². The van der Waals surface area contributed by atoms with Crippen LogP contribution in [0.3, 0.4) is 0 Å². The molecule has 0 saturated carbocycles. The molecule has 32 heavy (non-hydrogen) atoms. The monoisotopic (exact) mass is 454 g/mol. The van der Waals surface area contributed by atoms with Crippen LogP contribution >= 0.6 is 0 Å². The molecule has 8 nitrogen and oxygen atoms in total. The molecular formula is C22H28F2N2O6. The summed E-state index contributed by atoms with van der Waals surface area (Å²) in [5.74, 6) is -2.38. The van der Waals surface area contributed by atoms with Gasteiger partial charge in [0.2, 0.25) is 5.43 Å². The van der Waals surface area contributed by atoms with Crippen molar-refractivity contribution in [2.24, 2.45) is 0 Å². The third-order valence-corrected chi connectivity index (χ3v) is 4.71. The van der Waals surface area contributed by atoms with Gasteiger partial charge in [0.1, 0.15) is 11.6 Å². The van der Waals surface area contributed by atoms with E-state index in [-0.39, 0.29) is 48.8 Å². The number of esters is 1. The number of pyridine rings is 1. The average Bonchev–Trinajstić information content (AvgIpc) is 2.77. The summed E-state index contributed by atoms with van der Waals surface area (Å²) in [5, 5.41) is 12.9. The third-order valence-electron chi connectivity index (χ3n) is 4.71. The molecule has 0 aliphatic heterocycles. The number of methoxy groups -OCH3 is 2. The minimum Gasteiger partial charge on any atom is -0.487 e. The lowest BCUT2D eigenvalue weighted by Gasteiger charge is -2.20. The number of carbonyl (C=O) groups is 1. The molecule has 0 aliphatic carbocycles. The molecule has 1 atom stereocenters. The van der Waals surface area contributed by atoms with Crippen LogP contribution in [0.2, 0.25) is 0 Å². The molecular weight excluding hydrogens is 426 g/mol. The fraction of sp³-hybridized carbons (Fsp3) is 0.455. The molecule has 0 bridgehead atoms. The summed E-state index contributed by atoms with van der Waals surface area (Å²) in [4.78, 5) is 25.5. The predicted molar refractivity (Wildman–Crippen MR) is 112 cm³/mol. The minimum absolute atomic E-state index is 0.00428. The van der Waals surface area contributed by atoms with Crippen LogP contribution in [-0.2, 0) is 29.1 Å². The number of aliphatic hydroxyl groups is 1. The molecule has 1 aromatic carbocycles. The average molecular weight is 454 g/mol. The highest BCUT2D eigenvalue weighted by atomic mass is 19.1. The summed E-state index contributed by atoms with van der Waals surface area (Å²) in [6.45, 7) is 2.04. The Morgan fingerprint density at radius 1 is 1.22 bits per heavy atom. The van der Waals surface area contributed by atoms with Crippen LogP contribution in [0.5, 0.6) is 5.75 Å². The SMILES string of the molecule is CCCCOc1c(C(=O)OC)n(CC(O)OC)cc(CNCc2ccc(F)cc2F)c1=O. The predicted octanol–water partition coefficient (Wildman–Crippen LogP) is 2.35. The van der Waals surface area contributed by atoms with Crippen LogP contribution in [0.15, 0.2) is 29.2 Å². The van der Waals surface area contributed by atoms with Crippen molar-refractivity contribution in [3.63, 3.8) is 0 Å². The Morgan fingerprint density at radius 3 is 2.56 bits per heavy atom. The molecule has 0 radical (unpaired) electrons. The maximum absolute atomic E-state index is 13.9. The number of ether oxygens (including phenoxy) is 3. The number of nitrogens with one attached hydrogen (secondary N) is 1. The van der Waals surface area contributed by atoms with Gasteiger partial charge in [-0.05, 0) is 12.5 Å². The summed E-state index contributed by atoms with van der Waals surface area (Å²) in [7, 11) is 2.47. The second kappa shape index (κ2) is 12.3. The van der Waals surface area contributed by atoms with Gasteiger partial charge in [-0.1, -0.05) is 19.4 Å². The van der Waals surface area contributed by atoms with E-state index in [1.807, 2.05) is 6.92 Å². The Balaban J connectivity index is 2.39. The summed E-state index contributed by atoms with van der Waals surface area (Å²) in [6, 6.07) is 3.23. The van der Waals surface area contributed by atoms with E-state index in [9.17, 15) is 23.5 Å². The van der Waals surface area contributed by atoms with Crippen LogP contribution in [0, 0.1) is 11.6 Å². The smallest absolute Gasteiger partial charge is 0.358 e. The van der Waals surface area contributed by atoms with E-state index in [0.29, 0.717) is 6.42 Å². The quantitative estimate of drug-likeness (QED) is 0.289. The second-order valence-electron chi connectivity index (χ2n) is 7.04. The van der Waals surface area contributed by atoms with Crippen molar-refractivity contribution in [3.05, 3.63) is 63.1 Å². The number of rotatable bonds is 12. The molecule has 0 spiro atoms. The second-order valence-corrected chi connectivity index (χ2v) is 7.04. The molecule has 10 heteroatoms. The first-order valence-corrected chi connectivity index (χ1v) is 10.1. The molecule has 1 heterocycles. The van der Waals surface area contributed by atoms with Crippen molar-refractivity contribution >= 4 is 5.97 Å².